The van der Waals surface area contributed by atoms with Gasteiger partial charge < -0.3 is 0 Å². The lowest BCUT2D eigenvalue weighted by atomic mass is 9.68. The number of unbranched alkanes of at least 4 members (excludes halogenated alkanes) is 1. The number of hydrogen-bond acceptors (Lipinski definition) is 1. The van der Waals surface area contributed by atoms with E-state index in [0.717, 1.165) is 24.7 Å². The van der Waals surface area contributed by atoms with Crippen molar-refractivity contribution in [1.29, 1.82) is 0 Å². The lowest BCUT2D eigenvalue weighted by molar-refractivity contribution is 0.0823. The van der Waals surface area contributed by atoms with Crippen LogP contribution < -0.4 is 0 Å². The molecule has 0 amide bonds. The summed E-state index contributed by atoms with van der Waals surface area (Å²) in [7, 11) is 0. The van der Waals surface area contributed by atoms with Gasteiger partial charge in [-0.05, 0) is 74.8 Å². The van der Waals surface area contributed by atoms with Crippen molar-refractivity contribution < 1.29 is 22.4 Å². The lowest BCUT2D eigenvalue weighted by Crippen LogP contribution is -2.28. The highest BCUT2D eigenvalue weighted by molar-refractivity contribution is 5.98. The topological polar surface area (TPSA) is 17.1 Å². The fourth-order valence-electron chi connectivity index (χ4n) is 6.32. The molecule has 0 heterocycles. The van der Waals surface area contributed by atoms with Crippen LogP contribution in [0.15, 0.2) is 24.3 Å². The first-order valence-electron chi connectivity index (χ1n) is 13.3. The first-order valence-corrected chi connectivity index (χ1v) is 13.3. The maximum Gasteiger partial charge on any atom is 0.170 e. The molecule has 2 saturated carbocycles. The summed E-state index contributed by atoms with van der Waals surface area (Å²) in [6.45, 7) is 3.64. The predicted octanol–water partition coefficient (Wildman–Crippen LogP) is 9.20. The molecule has 0 spiro atoms. The summed E-state index contributed by atoms with van der Waals surface area (Å²) in [6, 6.07) is 4.95. The number of aryl methyl sites for hydroxylation is 1. The molecule has 0 radical (unpaired) electrons. The van der Waals surface area contributed by atoms with Crippen molar-refractivity contribution in [2.24, 2.45) is 23.7 Å². The highest BCUT2D eigenvalue weighted by atomic mass is 19.2. The van der Waals surface area contributed by atoms with E-state index in [9.17, 15) is 22.4 Å². The van der Waals surface area contributed by atoms with Gasteiger partial charge in [0.2, 0.25) is 0 Å². The number of benzene rings is 2. The molecule has 0 N–H and O–H groups in total. The van der Waals surface area contributed by atoms with Gasteiger partial charge in [0, 0.05) is 17.0 Å². The quantitative estimate of drug-likeness (QED) is 0.280. The summed E-state index contributed by atoms with van der Waals surface area (Å²) in [5.74, 6) is -3.39. The number of rotatable bonds is 7. The monoisotopic (exact) mass is 488 g/mol. The largest absolute Gasteiger partial charge is 0.294 e. The molecule has 2 aliphatic rings. The normalized spacial score (nSPS) is 25.0. The van der Waals surface area contributed by atoms with Crippen LogP contribution >= 0.6 is 0 Å². The molecule has 0 saturated heterocycles. The molecule has 4 rings (SSSR count). The number of carbonyl (C=O) groups is 1. The van der Waals surface area contributed by atoms with Crippen LogP contribution in [0.1, 0.15) is 93.5 Å². The Balaban J connectivity index is 1.39. The Labute approximate surface area is 206 Å². The lowest BCUT2D eigenvalue weighted by Gasteiger charge is -2.37. The van der Waals surface area contributed by atoms with Crippen LogP contribution in [0.4, 0.5) is 17.6 Å². The molecule has 2 aromatic rings. The summed E-state index contributed by atoms with van der Waals surface area (Å²) < 4.78 is 58.1. The van der Waals surface area contributed by atoms with Gasteiger partial charge in [-0.25, -0.2) is 17.6 Å². The zero-order valence-electron chi connectivity index (χ0n) is 20.8. The maximum absolute atomic E-state index is 14.9. The van der Waals surface area contributed by atoms with Crippen molar-refractivity contribution in [2.75, 3.05) is 0 Å². The first kappa shape index (κ1) is 25.9. The zero-order chi connectivity index (χ0) is 25.1. The number of halogens is 4. The van der Waals surface area contributed by atoms with Crippen LogP contribution in [0, 0.1) is 53.9 Å². The second-order valence-corrected chi connectivity index (χ2v) is 10.7. The second-order valence-electron chi connectivity index (χ2n) is 10.7. The summed E-state index contributed by atoms with van der Waals surface area (Å²) >= 11 is 0. The van der Waals surface area contributed by atoms with Gasteiger partial charge in [-0.1, -0.05) is 57.2 Å². The fourth-order valence-corrected chi connectivity index (χ4v) is 6.32. The van der Waals surface area contributed by atoms with E-state index in [1.165, 1.54) is 76.1 Å². The molecule has 2 aromatic carbocycles. The van der Waals surface area contributed by atoms with Gasteiger partial charge in [-0.3, -0.25) is 4.79 Å². The van der Waals surface area contributed by atoms with E-state index >= 15 is 0 Å². The average Bonchev–Trinajstić information content (AvgIpc) is 2.88. The van der Waals surface area contributed by atoms with E-state index in [1.807, 2.05) is 0 Å². The maximum atomic E-state index is 14.9. The van der Waals surface area contributed by atoms with Crippen LogP contribution in [-0.2, 0) is 0 Å². The van der Waals surface area contributed by atoms with Crippen LogP contribution in [0.25, 0.3) is 11.1 Å². The average molecular weight is 489 g/mol. The molecule has 35 heavy (non-hydrogen) atoms. The molecule has 5 heteroatoms. The molecule has 1 nitrogen and oxygen atoms in total. The third-order valence-electron chi connectivity index (χ3n) is 8.58. The Morgan fingerprint density at radius 2 is 1.29 bits per heavy atom. The van der Waals surface area contributed by atoms with Crippen LogP contribution in [0.3, 0.4) is 0 Å². The van der Waals surface area contributed by atoms with Gasteiger partial charge in [0.05, 0.1) is 5.56 Å². The van der Waals surface area contributed by atoms with Gasteiger partial charge >= 0.3 is 0 Å². The van der Waals surface area contributed by atoms with Crippen molar-refractivity contribution in [3.05, 3.63) is 58.7 Å². The summed E-state index contributed by atoms with van der Waals surface area (Å²) in [6.07, 6.45) is 12.4. The van der Waals surface area contributed by atoms with Crippen molar-refractivity contribution in [2.45, 2.75) is 84.5 Å². The number of ketones is 1. The summed E-state index contributed by atoms with van der Waals surface area (Å²) in [4.78, 5) is 13.1. The zero-order valence-corrected chi connectivity index (χ0v) is 20.8. The number of Topliss-reactive ketones (excluding diaryl/α,β-unsaturated/α-hetero) is 1. The molecule has 2 aliphatic carbocycles. The molecular weight excluding hydrogens is 452 g/mol. The van der Waals surface area contributed by atoms with E-state index < -0.39 is 23.3 Å². The Morgan fingerprint density at radius 3 is 1.89 bits per heavy atom. The highest BCUT2D eigenvalue weighted by Gasteiger charge is 2.34. The van der Waals surface area contributed by atoms with Crippen molar-refractivity contribution >= 4 is 5.78 Å². The molecule has 2 fully saturated rings. The SMILES string of the molecule is CCCCC1CCC(C2CCC(C(=O)c3ccc(-c4ccc(C)c(F)c4F)c(F)c3F)CC2)CC1. The smallest absolute Gasteiger partial charge is 0.170 e. The van der Waals surface area contributed by atoms with Crippen LogP contribution in [0.2, 0.25) is 0 Å². The Hall–Kier alpha value is -2.17. The van der Waals surface area contributed by atoms with Gasteiger partial charge in [0.15, 0.2) is 29.1 Å². The first-order chi connectivity index (χ1) is 16.8. The van der Waals surface area contributed by atoms with Crippen molar-refractivity contribution in [3.8, 4) is 11.1 Å². The van der Waals surface area contributed by atoms with Gasteiger partial charge in [0.25, 0.3) is 0 Å². The van der Waals surface area contributed by atoms with Crippen molar-refractivity contribution in [1.82, 2.24) is 0 Å². The van der Waals surface area contributed by atoms with E-state index in [4.69, 9.17) is 0 Å². The van der Waals surface area contributed by atoms with Gasteiger partial charge in [-0.2, -0.15) is 0 Å². The molecule has 190 valence electrons. The summed E-state index contributed by atoms with van der Waals surface area (Å²) in [5.41, 5.74) is -0.944. The fraction of sp³-hybridized carbons (Fsp3) is 0.567. The molecule has 0 aromatic heterocycles. The predicted molar refractivity (Wildman–Crippen MR) is 131 cm³/mol. The minimum atomic E-state index is -1.31. The highest BCUT2D eigenvalue weighted by Crippen LogP contribution is 2.43. The molecule has 0 atom stereocenters. The molecule has 0 unspecified atom stereocenters. The van der Waals surface area contributed by atoms with E-state index in [2.05, 4.69) is 6.92 Å². The third-order valence-corrected chi connectivity index (χ3v) is 8.58. The Bertz CT molecular complexity index is 1050. The Kier molecular flexibility index (Phi) is 8.34. The third kappa shape index (κ3) is 5.49. The minimum absolute atomic E-state index is 0.0825. The van der Waals surface area contributed by atoms with E-state index in [-0.39, 0.29) is 34.0 Å². The van der Waals surface area contributed by atoms with E-state index in [1.54, 1.807) is 0 Å². The minimum Gasteiger partial charge on any atom is -0.294 e. The molecule has 0 bridgehead atoms. The number of hydrogen-bond donors (Lipinski definition) is 0. The standard InChI is InChI=1S/C30H36F4O/c1-3-4-5-19-7-9-20(10-8-19)21-11-13-22(14-12-21)30(35)25-17-16-24(28(33)29(25)34)23-15-6-18(2)26(31)27(23)32/h6,15-17,19-22H,3-5,7-14H2,1-2H3. The van der Waals surface area contributed by atoms with E-state index in [0.29, 0.717) is 18.8 Å². The van der Waals surface area contributed by atoms with Crippen molar-refractivity contribution in [3.63, 3.8) is 0 Å². The van der Waals surface area contributed by atoms with Gasteiger partial charge in [0.1, 0.15) is 0 Å². The van der Waals surface area contributed by atoms with Gasteiger partial charge in [-0.15, -0.1) is 0 Å². The second kappa shape index (κ2) is 11.3. The Morgan fingerprint density at radius 1 is 0.743 bits per heavy atom. The molecule has 0 aliphatic heterocycles. The van der Waals surface area contributed by atoms with Crippen LogP contribution in [0.5, 0.6) is 0 Å². The molecular formula is C30H36F4O. The van der Waals surface area contributed by atoms with Crippen LogP contribution in [-0.4, -0.2) is 5.78 Å². The number of carbonyl (C=O) groups excluding carboxylic acids is 1. The summed E-state index contributed by atoms with van der Waals surface area (Å²) in [5, 5.41) is 0.